The number of carbonyl (C=O) groups excluding carboxylic acids is 2. The molecule has 28 heavy (non-hydrogen) atoms. The highest BCUT2D eigenvalue weighted by atomic mass is 28.4. The lowest BCUT2D eigenvalue weighted by molar-refractivity contribution is -0.141. The van der Waals surface area contributed by atoms with E-state index >= 15 is 0 Å². The fraction of sp³-hybridized carbons (Fsp3) is 0.636. The fourth-order valence-electron chi connectivity index (χ4n) is 4.10. The van der Waals surface area contributed by atoms with Gasteiger partial charge >= 0.3 is 0 Å². The Bertz CT molecular complexity index is 783. The van der Waals surface area contributed by atoms with Crippen molar-refractivity contribution >= 4 is 20.0 Å². The molecule has 1 saturated heterocycles. The van der Waals surface area contributed by atoms with Crippen LogP contribution in [0.5, 0.6) is 5.75 Å². The molecule has 1 aromatic rings. The van der Waals surface area contributed by atoms with Crippen LogP contribution >= 0.6 is 0 Å². The summed E-state index contributed by atoms with van der Waals surface area (Å²) in [5.74, 6) is 0.328. The number of carbonyl (C=O) groups is 2. The van der Waals surface area contributed by atoms with Gasteiger partial charge in [0.2, 0.25) is 5.91 Å². The van der Waals surface area contributed by atoms with Crippen molar-refractivity contribution in [2.45, 2.75) is 70.8 Å². The minimum absolute atomic E-state index is 0.000415. The lowest BCUT2D eigenvalue weighted by Gasteiger charge is -2.48. The number of benzene rings is 1. The third-order valence-electron chi connectivity index (χ3n) is 6.87. The van der Waals surface area contributed by atoms with Crippen LogP contribution in [0.25, 0.3) is 0 Å². The van der Waals surface area contributed by atoms with Crippen LogP contribution in [0.3, 0.4) is 0 Å². The van der Waals surface area contributed by atoms with Crippen molar-refractivity contribution in [2.75, 3.05) is 7.11 Å². The number of β-lactam (4-membered cyclic amide) rings is 1. The van der Waals surface area contributed by atoms with Crippen molar-refractivity contribution in [3.63, 3.8) is 0 Å². The Morgan fingerprint density at radius 1 is 1.21 bits per heavy atom. The highest BCUT2D eigenvalue weighted by Crippen LogP contribution is 2.41. The fourth-order valence-corrected chi connectivity index (χ4v) is 5.53. The topological polar surface area (TPSA) is 64.6 Å². The molecule has 5 nitrogen and oxygen atoms in total. The lowest BCUT2D eigenvalue weighted by Crippen LogP contribution is -2.67. The molecule has 1 aliphatic heterocycles. The summed E-state index contributed by atoms with van der Waals surface area (Å²) >= 11 is 0. The molecule has 6 heteroatoms. The molecule has 1 heterocycles. The number of ether oxygens (including phenoxy) is 1. The van der Waals surface area contributed by atoms with Crippen LogP contribution in [0.1, 0.15) is 50.0 Å². The molecule has 3 rings (SSSR count). The van der Waals surface area contributed by atoms with Crippen LogP contribution in [0.4, 0.5) is 0 Å². The molecule has 0 aromatic heterocycles. The molecule has 1 fully saturated rings. The maximum Gasteiger partial charge on any atom is 0.228 e. The highest BCUT2D eigenvalue weighted by molar-refractivity contribution is 6.74. The van der Waals surface area contributed by atoms with Crippen molar-refractivity contribution in [1.82, 2.24) is 5.32 Å². The van der Waals surface area contributed by atoms with Crippen LogP contribution in [0.15, 0.2) is 18.2 Å². The second kappa shape index (κ2) is 7.30. The number of methoxy groups -OCH3 is 1. The van der Waals surface area contributed by atoms with Crippen LogP contribution in [0.2, 0.25) is 18.1 Å². The van der Waals surface area contributed by atoms with E-state index in [0.717, 1.165) is 24.0 Å². The number of nitrogens with one attached hydrogen (secondary N) is 1. The quantitative estimate of drug-likeness (QED) is 0.597. The van der Waals surface area contributed by atoms with Crippen molar-refractivity contribution in [3.8, 4) is 5.75 Å². The maximum absolute atomic E-state index is 13.2. The van der Waals surface area contributed by atoms with Gasteiger partial charge in [-0.25, -0.2) is 0 Å². The van der Waals surface area contributed by atoms with E-state index in [1.54, 1.807) is 7.11 Å². The van der Waals surface area contributed by atoms with Crippen LogP contribution in [0, 0.1) is 11.8 Å². The number of hydrogen-bond donors (Lipinski definition) is 1. The van der Waals surface area contributed by atoms with Gasteiger partial charge in [0.25, 0.3) is 0 Å². The van der Waals surface area contributed by atoms with E-state index in [0.29, 0.717) is 5.75 Å². The van der Waals surface area contributed by atoms with Gasteiger partial charge in [-0.1, -0.05) is 26.8 Å². The number of aryl methyl sites for hydroxylation is 1. The second-order valence-corrected chi connectivity index (χ2v) is 14.4. The Balaban J connectivity index is 1.78. The summed E-state index contributed by atoms with van der Waals surface area (Å²) in [6.07, 6.45) is 1.40. The highest BCUT2D eigenvalue weighted by Gasteiger charge is 2.52. The second-order valence-electron chi connectivity index (χ2n) is 9.68. The molecule has 0 radical (unpaired) electrons. The van der Waals surface area contributed by atoms with E-state index in [-0.39, 0.29) is 40.7 Å². The molecule has 0 unspecified atom stereocenters. The first-order valence-electron chi connectivity index (χ1n) is 10.2. The van der Waals surface area contributed by atoms with Gasteiger partial charge in [0.15, 0.2) is 14.1 Å². The molecule has 154 valence electrons. The molecule has 1 N–H and O–H groups in total. The minimum atomic E-state index is -1.99. The molecule has 1 amide bonds. The zero-order valence-corrected chi connectivity index (χ0v) is 19.1. The third kappa shape index (κ3) is 3.64. The molecule has 4 atom stereocenters. The molecule has 1 aromatic carbocycles. The van der Waals surface area contributed by atoms with Gasteiger partial charge in [0.05, 0.1) is 25.2 Å². The Labute approximate surface area is 169 Å². The van der Waals surface area contributed by atoms with Gasteiger partial charge in [0.1, 0.15) is 5.75 Å². The van der Waals surface area contributed by atoms with Gasteiger partial charge in [-0.15, -0.1) is 0 Å². The summed E-state index contributed by atoms with van der Waals surface area (Å²) in [5.41, 5.74) is 1.79. The standard InChI is InChI=1S/C22H33NO4Si/c1-13(27-28(6,7)22(2,3)4)18-19(23-21(18)25)16-11-9-14-8-10-15(26-5)12-17(14)20(16)24/h8,10,12-13,16,18-19H,9,11H2,1-7H3,(H,23,25)/t13-,16-,18-,19-/m1/s1. The van der Waals surface area contributed by atoms with E-state index in [4.69, 9.17) is 9.16 Å². The molecule has 0 bridgehead atoms. The zero-order valence-electron chi connectivity index (χ0n) is 18.1. The Kier molecular flexibility index (Phi) is 5.49. The van der Waals surface area contributed by atoms with Gasteiger partial charge in [-0.3, -0.25) is 9.59 Å². The number of Topliss-reactive ketones (excluding diaryl/α,β-unsaturated/α-hetero) is 1. The van der Waals surface area contributed by atoms with Gasteiger partial charge < -0.3 is 14.5 Å². The molecule has 2 aliphatic rings. The first kappa shape index (κ1) is 21.1. The maximum atomic E-state index is 13.2. The van der Waals surface area contributed by atoms with Crippen LogP contribution in [-0.2, 0) is 15.6 Å². The Morgan fingerprint density at radius 2 is 1.89 bits per heavy atom. The predicted molar refractivity (Wildman–Crippen MR) is 112 cm³/mol. The number of hydrogen-bond acceptors (Lipinski definition) is 4. The van der Waals surface area contributed by atoms with Gasteiger partial charge in [-0.2, -0.15) is 0 Å². The van der Waals surface area contributed by atoms with E-state index in [1.807, 2.05) is 25.1 Å². The van der Waals surface area contributed by atoms with Gasteiger partial charge in [0, 0.05) is 11.5 Å². The average molecular weight is 404 g/mol. The van der Waals surface area contributed by atoms with Gasteiger partial charge in [-0.05, 0) is 55.6 Å². The number of fused-ring (bicyclic) bond motifs is 1. The number of ketones is 1. The predicted octanol–water partition coefficient (Wildman–Crippen LogP) is 3.97. The Hall–Kier alpha value is -1.66. The smallest absolute Gasteiger partial charge is 0.228 e. The summed E-state index contributed by atoms with van der Waals surface area (Å²) < 4.78 is 11.8. The summed E-state index contributed by atoms with van der Waals surface area (Å²) in [5, 5.41) is 3.08. The molecular formula is C22H33NO4Si. The summed E-state index contributed by atoms with van der Waals surface area (Å²) in [6, 6.07) is 5.55. The monoisotopic (exact) mass is 403 g/mol. The molecule has 1 aliphatic carbocycles. The first-order chi connectivity index (χ1) is 13.0. The molecular weight excluding hydrogens is 370 g/mol. The summed E-state index contributed by atoms with van der Waals surface area (Å²) in [7, 11) is -0.385. The summed E-state index contributed by atoms with van der Waals surface area (Å²) in [4.78, 5) is 25.6. The molecule has 0 spiro atoms. The van der Waals surface area contributed by atoms with Crippen LogP contribution in [-0.4, -0.2) is 39.3 Å². The summed E-state index contributed by atoms with van der Waals surface area (Å²) in [6.45, 7) is 13.0. The van der Waals surface area contributed by atoms with Crippen molar-refractivity contribution < 1.29 is 18.8 Å². The first-order valence-corrected chi connectivity index (χ1v) is 13.1. The number of amides is 1. The van der Waals surface area contributed by atoms with E-state index < -0.39 is 8.32 Å². The van der Waals surface area contributed by atoms with Crippen molar-refractivity contribution in [2.24, 2.45) is 11.8 Å². The van der Waals surface area contributed by atoms with E-state index in [9.17, 15) is 9.59 Å². The lowest BCUT2D eigenvalue weighted by atomic mass is 9.70. The SMILES string of the molecule is COc1ccc2c(c1)C(=O)[C@@H]([C@H]1NC(=O)[C@@H]1[C@@H](C)O[Si](C)(C)C(C)(C)C)CC2. The zero-order chi connectivity index (χ0) is 20.9. The van der Waals surface area contributed by atoms with E-state index in [2.05, 4.69) is 39.2 Å². The normalized spacial score (nSPS) is 26.2. The van der Waals surface area contributed by atoms with Crippen molar-refractivity contribution in [3.05, 3.63) is 29.3 Å². The Morgan fingerprint density at radius 3 is 2.46 bits per heavy atom. The third-order valence-corrected chi connectivity index (χ3v) is 11.4. The van der Waals surface area contributed by atoms with E-state index in [1.165, 1.54) is 0 Å². The minimum Gasteiger partial charge on any atom is -0.497 e. The van der Waals surface area contributed by atoms with Crippen LogP contribution < -0.4 is 10.1 Å². The molecule has 0 saturated carbocycles. The number of rotatable bonds is 5. The largest absolute Gasteiger partial charge is 0.497 e. The average Bonchev–Trinajstić information content (AvgIpc) is 2.58. The van der Waals surface area contributed by atoms with Crippen molar-refractivity contribution in [1.29, 1.82) is 0 Å².